The molecule has 0 radical (unpaired) electrons. The third-order valence-electron chi connectivity index (χ3n) is 7.80. The Kier molecular flexibility index (Phi) is 8.12. The molecule has 0 unspecified atom stereocenters. The monoisotopic (exact) mass is 590 g/mol. The fourth-order valence-corrected chi connectivity index (χ4v) is 5.71. The summed E-state index contributed by atoms with van der Waals surface area (Å²) < 4.78 is 56.6. The van der Waals surface area contributed by atoms with E-state index in [4.69, 9.17) is 9.47 Å². The number of amides is 1. The first-order chi connectivity index (χ1) is 20.8. The number of carbonyl (C=O) groups is 1. The molecule has 0 spiro atoms. The topological polar surface area (TPSA) is 68.6 Å². The predicted molar refractivity (Wildman–Crippen MR) is 156 cm³/mol. The number of aryl methyl sites for hydroxylation is 1. The Morgan fingerprint density at radius 2 is 1.67 bits per heavy atom. The molecule has 3 aromatic carbocycles. The Bertz CT molecular complexity index is 1620. The second-order valence-electron chi connectivity index (χ2n) is 11.0. The predicted octanol–water partition coefficient (Wildman–Crippen LogP) is 7.18. The fourth-order valence-electron chi connectivity index (χ4n) is 5.71. The Balaban J connectivity index is 1.40. The standard InChI is InChI=1S/C33H33F3N4O3/c1-2-3-15-40-27(31(33(34,35)36)38-32(40)24-7-5-4-6-8-24)20-39(19-23-10-13-28-29(17-23)43-21-42-28)18-22-9-12-26-25(16-22)11-14-30(41)37-26/h4-10,12-13,16-17H,2-3,11,14-15,18-21H2,1H3,(H,37,41). The van der Waals surface area contributed by atoms with Gasteiger partial charge in [-0.1, -0.05) is 61.9 Å². The number of ether oxygens (including phenoxy) is 2. The maximum absolute atomic E-state index is 14.6. The van der Waals surface area contributed by atoms with Gasteiger partial charge in [0.05, 0.1) is 5.69 Å². The summed E-state index contributed by atoms with van der Waals surface area (Å²) >= 11 is 0. The van der Waals surface area contributed by atoms with Gasteiger partial charge in [0.25, 0.3) is 0 Å². The highest BCUT2D eigenvalue weighted by Crippen LogP contribution is 2.37. The fraction of sp³-hybridized carbons (Fsp3) is 0.333. The van der Waals surface area contributed by atoms with E-state index in [2.05, 4.69) is 10.3 Å². The van der Waals surface area contributed by atoms with Crippen molar-refractivity contribution in [1.82, 2.24) is 14.5 Å². The van der Waals surface area contributed by atoms with E-state index in [-0.39, 0.29) is 24.9 Å². The van der Waals surface area contributed by atoms with Crippen LogP contribution in [0.3, 0.4) is 0 Å². The molecule has 0 saturated heterocycles. The van der Waals surface area contributed by atoms with Crippen molar-refractivity contribution >= 4 is 11.6 Å². The number of hydrogen-bond acceptors (Lipinski definition) is 5. The van der Waals surface area contributed by atoms with Crippen molar-refractivity contribution < 1.29 is 27.4 Å². The van der Waals surface area contributed by atoms with E-state index in [0.29, 0.717) is 55.4 Å². The Hall–Kier alpha value is -4.31. The SMILES string of the molecule is CCCCn1c(-c2ccccc2)nc(C(F)(F)F)c1CN(Cc1ccc2c(c1)CCC(=O)N2)Cc1ccc2c(c1)OCO2. The van der Waals surface area contributed by atoms with Crippen LogP contribution in [0, 0.1) is 0 Å². The number of anilines is 1. The first-order valence-corrected chi connectivity index (χ1v) is 14.5. The minimum absolute atomic E-state index is 0.0149. The third kappa shape index (κ3) is 6.39. The lowest BCUT2D eigenvalue weighted by Gasteiger charge is -2.26. The van der Waals surface area contributed by atoms with Crippen LogP contribution in [0.2, 0.25) is 0 Å². The zero-order chi connectivity index (χ0) is 30.0. The van der Waals surface area contributed by atoms with Crippen LogP contribution in [-0.2, 0) is 43.6 Å². The second kappa shape index (κ2) is 12.1. The second-order valence-corrected chi connectivity index (χ2v) is 11.0. The van der Waals surface area contributed by atoms with Crippen LogP contribution in [0.1, 0.15) is 54.3 Å². The molecule has 0 fully saturated rings. The molecule has 4 aromatic rings. The number of halogens is 3. The van der Waals surface area contributed by atoms with E-state index < -0.39 is 11.9 Å². The molecular formula is C33H33F3N4O3. The van der Waals surface area contributed by atoms with E-state index in [9.17, 15) is 18.0 Å². The number of nitrogens with zero attached hydrogens (tertiary/aromatic N) is 3. The molecule has 0 aliphatic carbocycles. The van der Waals surface area contributed by atoms with E-state index in [1.807, 2.05) is 66.4 Å². The molecule has 1 N–H and O–H groups in total. The van der Waals surface area contributed by atoms with Crippen LogP contribution >= 0.6 is 0 Å². The molecule has 0 saturated carbocycles. The van der Waals surface area contributed by atoms with Crippen LogP contribution in [0.5, 0.6) is 11.5 Å². The van der Waals surface area contributed by atoms with Crippen LogP contribution in [0.25, 0.3) is 11.4 Å². The lowest BCUT2D eigenvalue weighted by atomic mass is 10.00. The van der Waals surface area contributed by atoms with Gasteiger partial charge < -0.3 is 19.4 Å². The van der Waals surface area contributed by atoms with Gasteiger partial charge in [0.15, 0.2) is 17.2 Å². The van der Waals surface area contributed by atoms with Gasteiger partial charge in [-0.15, -0.1) is 0 Å². The van der Waals surface area contributed by atoms with Crippen molar-refractivity contribution in [3.05, 3.63) is 94.8 Å². The number of unbranched alkanes of at least 4 members (excludes halogenated alkanes) is 1. The molecule has 2 aliphatic rings. The highest BCUT2D eigenvalue weighted by Gasteiger charge is 2.39. The lowest BCUT2D eigenvalue weighted by Crippen LogP contribution is -2.26. The Morgan fingerprint density at radius 1 is 0.930 bits per heavy atom. The number of imidazole rings is 1. The van der Waals surface area contributed by atoms with Crippen LogP contribution < -0.4 is 14.8 Å². The lowest BCUT2D eigenvalue weighted by molar-refractivity contribution is -0.141. The highest BCUT2D eigenvalue weighted by molar-refractivity contribution is 5.93. The Morgan fingerprint density at radius 3 is 2.44 bits per heavy atom. The van der Waals surface area contributed by atoms with Gasteiger partial charge in [0.2, 0.25) is 12.7 Å². The van der Waals surface area contributed by atoms with Crippen LogP contribution in [0.4, 0.5) is 18.9 Å². The van der Waals surface area contributed by atoms with Gasteiger partial charge in [-0.05, 0) is 47.7 Å². The highest BCUT2D eigenvalue weighted by atomic mass is 19.4. The smallest absolute Gasteiger partial charge is 0.435 e. The molecule has 0 atom stereocenters. The first kappa shape index (κ1) is 28.8. The largest absolute Gasteiger partial charge is 0.454 e. The van der Waals surface area contributed by atoms with Crippen LogP contribution in [0.15, 0.2) is 66.7 Å². The van der Waals surface area contributed by atoms with Gasteiger partial charge in [0.1, 0.15) is 5.82 Å². The van der Waals surface area contributed by atoms with Gasteiger partial charge in [-0.25, -0.2) is 4.98 Å². The van der Waals surface area contributed by atoms with Gasteiger partial charge >= 0.3 is 6.18 Å². The number of fused-ring (bicyclic) bond motifs is 2. The molecule has 2 aliphatic heterocycles. The van der Waals surface area contributed by atoms with E-state index in [1.165, 1.54) is 0 Å². The number of alkyl halides is 3. The summed E-state index contributed by atoms with van der Waals surface area (Å²) in [6.45, 7) is 3.39. The number of rotatable bonds is 10. The molecule has 3 heterocycles. The number of aromatic nitrogens is 2. The molecule has 224 valence electrons. The van der Waals surface area contributed by atoms with Crippen molar-refractivity contribution in [3.8, 4) is 22.9 Å². The average Bonchev–Trinajstić information content (AvgIpc) is 3.61. The molecular weight excluding hydrogens is 557 g/mol. The average molecular weight is 591 g/mol. The maximum Gasteiger partial charge on any atom is 0.435 e. The van der Waals surface area contributed by atoms with Crippen molar-refractivity contribution in [2.75, 3.05) is 12.1 Å². The molecule has 6 rings (SSSR count). The van der Waals surface area contributed by atoms with Crippen molar-refractivity contribution in [3.63, 3.8) is 0 Å². The molecule has 43 heavy (non-hydrogen) atoms. The van der Waals surface area contributed by atoms with E-state index >= 15 is 0 Å². The first-order valence-electron chi connectivity index (χ1n) is 14.5. The molecule has 1 aromatic heterocycles. The van der Waals surface area contributed by atoms with Crippen molar-refractivity contribution in [2.45, 2.75) is 65.0 Å². The summed E-state index contributed by atoms with van der Waals surface area (Å²) in [5.41, 5.74) is 3.59. The molecule has 1 amide bonds. The Labute approximate surface area is 248 Å². The summed E-state index contributed by atoms with van der Waals surface area (Å²) in [4.78, 5) is 18.1. The summed E-state index contributed by atoms with van der Waals surface area (Å²) in [6.07, 6.45) is -2.03. The maximum atomic E-state index is 14.6. The van der Waals surface area contributed by atoms with Crippen LogP contribution in [-0.4, -0.2) is 27.2 Å². The van der Waals surface area contributed by atoms with Crippen molar-refractivity contribution in [1.29, 1.82) is 0 Å². The van der Waals surface area contributed by atoms with Gasteiger partial charge in [0, 0.05) is 43.9 Å². The minimum atomic E-state index is -4.62. The molecule has 0 bridgehead atoms. The summed E-state index contributed by atoms with van der Waals surface area (Å²) in [7, 11) is 0. The third-order valence-corrected chi connectivity index (χ3v) is 7.80. The zero-order valence-corrected chi connectivity index (χ0v) is 23.9. The number of hydrogen-bond donors (Lipinski definition) is 1. The normalized spacial score (nSPS) is 14.2. The van der Waals surface area contributed by atoms with Gasteiger partial charge in [-0.2, -0.15) is 13.2 Å². The summed E-state index contributed by atoms with van der Waals surface area (Å²) in [5.74, 6) is 1.58. The summed E-state index contributed by atoms with van der Waals surface area (Å²) in [5, 5.41) is 2.90. The quantitative estimate of drug-likeness (QED) is 0.212. The van der Waals surface area contributed by atoms with E-state index in [0.717, 1.165) is 35.2 Å². The van der Waals surface area contributed by atoms with Gasteiger partial charge in [-0.3, -0.25) is 9.69 Å². The minimum Gasteiger partial charge on any atom is -0.454 e. The van der Waals surface area contributed by atoms with E-state index in [1.54, 1.807) is 16.7 Å². The summed E-state index contributed by atoms with van der Waals surface area (Å²) in [6, 6.07) is 20.5. The number of benzene rings is 3. The van der Waals surface area contributed by atoms with Crippen molar-refractivity contribution in [2.24, 2.45) is 0 Å². The zero-order valence-electron chi connectivity index (χ0n) is 23.9. The molecule has 7 nitrogen and oxygen atoms in total. The molecule has 10 heteroatoms. The number of nitrogens with one attached hydrogen (secondary N) is 1. The number of carbonyl (C=O) groups excluding carboxylic acids is 1.